The fraction of sp³-hybridized carbons (Fsp3) is 0.148. The van der Waals surface area contributed by atoms with Crippen LogP contribution in [0.5, 0.6) is 0 Å². The van der Waals surface area contributed by atoms with Crippen LogP contribution in [0.2, 0.25) is 0 Å². The standard InChI is InChI=1S/C27H23FO2S2/c1-18-24(14-19-8-11-22(12-9-19)32(2)30)23-13-10-21(28)15-26(23)25(18)16-27(29)31-17-20-6-4-3-5-7-20/h3-15H,16-17H2,1-2H3/b24-14-. The number of carbonyl (C=O) groups is 1. The quantitative estimate of drug-likeness (QED) is 0.381. The summed E-state index contributed by atoms with van der Waals surface area (Å²) >= 11 is 0.265. The molecule has 0 N–H and O–H groups in total. The number of fused-ring (bicyclic) bond motifs is 1. The van der Waals surface area contributed by atoms with Crippen molar-refractivity contribution in [1.82, 2.24) is 0 Å². The molecule has 3 aromatic carbocycles. The van der Waals surface area contributed by atoms with E-state index in [1.807, 2.05) is 67.6 Å². The molecule has 3 aromatic rings. The Morgan fingerprint density at radius 1 is 1.03 bits per heavy atom. The minimum Gasteiger partial charge on any atom is -0.612 e. The van der Waals surface area contributed by atoms with Crippen molar-refractivity contribution in [2.45, 2.75) is 24.0 Å². The highest BCUT2D eigenvalue weighted by Crippen LogP contribution is 2.44. The average Bonchev–Trinajstić information content (AvgIpc) is 3.04. The molecule has 0 spiro atoms. The molecular formula is C27H23FO2S2. The van der Waals surface area contributed by atoms with Crippen molar-refractivity contribution in [3.8, 4) is 0 Å². The van der Waals surface area contributed by atoms with Crippen LogP contribution < -0.4 is 0 Å². The fourth-order valence-electron chi connectivity index (χ4n) is 3.84. The van der Waals surface area contributed by atoms with E-state index < -0.39 is 11.2 Å². The van der Waals surface area contributed by atoms with Gasteiger partial charge in [0, 0.05) is 12.2 Å². The Morgan fingerprint density at radius 3 is 2.44 bits per heavy atom. The van der Waals surface area contributed by atoms with Gasteiger partial charge in [-0.1, -0.05) is 48.2 Å². The molecular weight excluding hydrogens is 439 g/mol. The third-order valence-corrected chi connectivity index (χ3v) is 7.42. The zero-order valence-electron chi connectivity index (χ0n) is 17.9. The fourth-order valence-corrected chi connectivity index (χ4v) is 5.12. The minimum absolute atomic E-state index is 0.0643. The van der Waals surface area contributed by atoms with Gasteiger partial charge in [-0.15, -0.1) is 0 Å². The zero-order chi connectivity index (χ0) is 22.7. The van der Waals surface area contributed by atoms with Gasteiger partial charge in [0.2, 0.25) is 0 Å². The topological polar surface area (TPSA) is 40.1 Å². The van der Waals surface area contributed by atoms with Gasteiger partial charge in [-0.3, -0.25) is 4.79 Å². The summed E-state index contributed by atoms with van der Waals surface area (Å²) in [7, 11) is 0. The molecule has 162 valence electrons. The first-order valence-electron chi connectivity index (χ1n) is 10.3. The molecule has 4 rings (SSSR count). The third kappa shape index (κ3) is 5.07. The zero-order valence-corrected chi connectivity index (χ0v) is 19.6. The van der Waals surface area contributed by atoms with Crippen LogP contribution in [0.4, 0.5) is 4.39 Å². The first-order chi connectivity index (χ1) is 15.4. The smallest absolute Gasteiger partial charge is 0.193 e. The lowest BCUT2D eigenvalue weighted by Crippen LogP contribution is -1.96. The summed E-state index contributed by atoms with van der Waals surface area (Å²) in [4.78, 5) is 13.5. The Labute approximate surface area is 195 Å². The van der Waals surface area contributed by atoms with E-state index in [-0.39, 0.29) is 17.4 Å². The molecule has 0 bridgehead atoms. The van der Waals surface area contributed by atoms with Gasteiger partial charge in [0.25, 0.3) is 0 Å². The van der Waals surface area contributed by atoms with Gasteiger partial charge in [-0.2, -0.15) is 0 Å². The van der Waals surface area contributed by atoms with Crippen LogP contribution in [0.25, 0.3) is 17.2 Å². The van der Waals surface area contributed by atoms with Gasteiger partial charge in [0.1, 0.15) is 12.1 Å². The maximum Gasteiger partial charge on any atom is 0.193 e. The third-order valence-electron chi connectivity index (χ3n) is 5.54. The molecule has 1 aliphatic carbocycles. The van der Waals surface area contributed by atoms with E-state index in [1.165, 1.54) is 23.9 Å². The van der Waals surface area contributed by atoms with E-state index in [1.54, 1.807) is 12.3 Å². The Morgan fingerprint density at radius 2 is 1.75 bits per heavy atom. The second kappa shape index (κ2) is 9.90. The van der Waals surface area contributed by atoms with Crippen LogP contribution in [-0.2, 0) is 21.7 Å². The van der Waals surface area contributed by atoms with E-state index in [0.717, 1.165) is 43.9 Å². The van der Waals surface area contributed by atoms with Gasteiger partial charge in [0.05, 0.1) is 0 Å². The molecule has 32 heavy (non-hydrogen) atoms. The van der Waals surface area contributed by atoms with Gasteiger partial charge < -0.3 is 4.55 Å². The summed E-state index contributed by atoms with van der Waals surface area (Å²) in [5.41, 5.74) is 6.64. The molecule has 1 aliphatic rings. The van der Waals surface area contributed by atoms with Crippen molar-refractivity contribution in [2.24, 2.45) is 0 Å². The number of carbonyl (C=O) groups excluding carboxylic acids is 1. The summed E-state index contributed by atoms with van der Waals surface area (Å²) < 4.78 is 25.7. The SMILES string of the molecule is CC1=C(CC(=O)SCc2ccccc2)c2cc(F)ccc2/C1=C\c1ccc([S+](C)[O-])cc1. The van der Waals surface area contributed by atoms with Crippen molar-refractivity contribution in [2.75, 3.05) is 6.26 Å². The lowest BCUT2D eigenvalue weighted by molar-refractivity contribution is -0.110. The monoisotopic (exact) mass is 462 g/mol. The van der Waals surface area contributed by atoms with Crippen molar-refractivity contribution in [3.05, 3.63) is 106 Å². The summed E-state index contributed by atoms with van der Waals surface area (Å²) in [6.07, 6.45) is 3.95. The summed E-state index contributed by atoms with van der Waals surface area (Å²) in [6.45, 7) is 1.99. The molecule has 0 saturated heterocycles. The van der Waals surface area contributed by atoms with E-state index in [4.69, 9.17) is 0 Å². The summed E-state index contributed by atoms with van der Waals surface area (Å²) in [5, 5.41) is 0.0643. The van der Waals surface area contributed by atoms with Gasteiger partial charge >= 0.3 is 0 Å². The summed E-state index contributed by atoms with van der Waals surface area (Å²) in [6, 6.07) is 22.2. The van der Waals surface area contributed by atoms with Gasteiger partial charge in [-0.25, -0.2) is 4.39 Å². The molecule has 1 atom stereocenters. The lowest BCUT2D eigenvalue weighted by Gasteiger charge is -2.06. The molecule has 0 aromatic heterocycles. The average molecular weight is 463 g/mol. The molecule has 0 heterocycles. The second-order valence-corrected chi connectivity index (χ2v) is 10.1. The molecule has 5 heteroatoms. The van der Waals surface area contributed by atoms with Crippen LogP contribution in [0.15, 0.2) is 83.3 Å². The highest BCUT2D eigenvalue weighted by Gasteiger charge is 2.26. The Balaban J connectivity index is 1.61. The van der Waals surface area contributed by atoms with Crippen LogP contribution in [0.1, 0.15) is 35.6 Å². The van der Waals surface area contributed by atoms with E-state index in [2.05, 4.69) is 0 Å². The molecule has 0 amide bonds. The van der Waals surface area contributed by atoms with Crippen LogP contribution in [0.3, 0.4) is 0 Å². The second-order valence-electron chi connectivity index (χ2n) is 7.70. The molecule has 0 radical (unpaired) electrons. The normalized spacial score (nSPS) is 15.2. The number of halogens is 1. The van der Waals surface area contributed by atoms with E-state index in [0.29, 0.717) is 5.75 Å². The predicted octanol–water partition coefficient (Wildman–Crippen LogP) is 6.74. The van der Waals surface area contributed by atoms with E-state index >= 15 is 0 Å². The maximum absolute atomic E-state index is 14.1. The molecule has 0 saturated carbocycles. The molecule has 0 aliphatic heterocycles. The lowest BCUT2D eigenvalue weighted by atomic mass is 10.0. The van der Waals surface area contributed by atoms with Crippen molar-refractivity contribution in [1.29, 1.82) is 0 Å². The van der Waals surface area contributed by atoms with E-state index in [9.17, 15) is 13.7 Å². The van der Waals surface area contributed by atoms with Crippen molar-refractivity contribution >= 4 is 45.3 Å². The maximum atomic E-state index is 14.1. The minimum atomic E-state index is -1.03. The number of hydrogen-bond donors (Lipinski definition) is 0. The molecule has 2 nitrogen and oxygen atoms in total. The van der Waals surface area contributed by atoms with Gasteiger partial charge in [0.15, 0.2) is 10.0 Å². The van der Waals surface area contributed by atoms with Crippen LogP contribution in [-0.4, -0.2) is 15.9 Å². The van der Waals surface area contributed by atoms with Gasteiger partial charge in [-0.05, 0) is 99.5 Å². The number of thioether (sulfide) groups is 1. The number of rotatable bonds is 6. The number of benzene rings is 3. The highest BCUT2D eigenvalue weighted by atomic mass is 32.2. The molecule has 0 fully saturated rings. The Bertz CT molecular complexity index is 1200. The Kier molecular flexibility index (Phi) is 6.99. The van der Waals surface area contributed by atoms with Crippen LogP contribution >= 0.6 is 11.8 Å². The first-order valence-corrected chi connectivity index (χ1v) is 12.8. The first kappa shape index (κ1) is 22.6. The predicted molar refractivity (Wildman–Crippen MR) is 133 cm³/mol. The van der Waals surface area contributed by atoms with Crippen LogP contribution in [0, 0.1) is 5.82 Å². The highest BCUT2D eigenvalue weighted by molar-refractivity contribution is 8.13. The number of allylic oxidation sites excluding steroid dienone is 3. The summed E-state index contributed by atoms with van der Waals surface area (Å²) in [5.74, 6) is 0.310. The Hall–Kier alpha value is -2.60. The molecule has 1 unspecified atom stereocenters. The number of hydrogen-bond acceptors (Lipinski definition) is 3. The van der Waals surface area contributed by atoms with Crippen molar-refractivity contribution < 1.29 is 13.7 Å². The van der Waals surface area contributed by atoms with Crippen molar-refractivity contribution in [3.63, 3.8) is 0 Å². The largest absolute Gasteiger partial charge is 0.612 e.